The molecule has 0 spiro atoms. The molecular weight excluding hydrogens is 230 g/mol. The molecule has 2 aromatic rings. The zero-order chi connectivity index (χ0) is 11.5. The van der Waals surface area contributed by atoms with Crippen molar-refractivity contribution in [1.82, 2.24) is 5.16 Å². The standard InChI is InChI=1S/C10H9NO4S/c1-6-4-8(9(16-6)10(12)13)14-5-7-2-3-11-15-7/h2-4H,5H2,1H3,(H,12,13). The highest BCUT2D eigenvalue weighted by Crippen LogP contribution is 2.29. The zero-order valence-corrected chi connectivity index (χ0v) is 9.28. The van der Waals surface area contributed by atoms with Crippen molar-refractivity contribution in [3.63, 3.8) is 0 Å². The average Bonchev–Trinajstić information content (AvgIpc) is 2.83. The van der Waals surface area contributed by atoms with Gasteiger partial charge in [0.15, 0.2) is 10.6 Å². The predicted molar refractivity (Wildman–Crippen MR) is 56.9 cm³/mol. The molecule has 0 aliphatic heterocycles. The van der Waals surface area contributed by atoms with E-state index < -0.39 is 5.97 Å². The highest BCUT2D eigenvalue weighted by Gasteiger charge is 2.15. The van der Waals surface area contributed by atoms with Crippen LogP contribution in [0.5, 0.6) is 5.75 Å². The lowest BCUT2D eigenvalue weighted by Gasteiger charge is -2.01. The van der Waals surface area contributed by atoms with Crippen molar-refractivity contribution in [2.45, 2.75) is 13.5 Å². The van der Waals surface area contributed by atoms with Crippen LogP contribution in [0, 0.1) is 6.92 Å². The zero-order valence-electron chi connectivity index (χ0n) is 8.47. The maximum atomic E-state index is 10.9. The Morgan fingerprint density at radius 2 is 2.50 bits per heavy atom. The molecule has 0 fully saturated rings. The van der Waals surface area contributed by atoms with Crippen LogP contribution in [0.25, 0.3) is 0 Å². The minimum atomic E-state index is -0.981. The van der Waals surface area contributed by atoms with Gasteiger partial charge < -0.3 is 14.4 Å². The van der Waals surface area contributed by atoms with E-state index in [0.29, 0.717) is 11.5 Å². The van der Waals surface area contributed by atoms with Gasteiger partial charge in [0.05, 0.1) is 6.20 Å². The molecule has 2 aromatic heterocycles. The Hall–Kier alpha value is -1.82. The summed E-state index contributed by atoms with van der Waals surface area (Å²) >= 11 is 1.19. The van der Waals surface area contributed by atoms with Crippen LogP contribution < -0.4 is 4.74 Å². The van der Waals surface area contributed by atoms with E-state index in [2.05, 4.69) is 5.16 Å². The molecule has 0 unspecified atom stereocenters. The highest BCUT2D eigenvalue weighted by molar-refractivity contribution is 7.14. The third-order valence-electron chi connectivity index (χ3n) is 1.88. The number of nitrogens with zero attached hydrogens (tertiary/aromatic N) is 1. The number of aromatic carboxylic acids is 1. The predicted octanol–water partition coefficient (Wildman–Crippen LogP) is 2.32. The van der Waals surface area contributed by atoms with Crippen LogP contribution in [-0.4, -0.2) is 16.2 Å². The summed E-state index contributed by atoms with van der Waals surface area (Å²) in [5.74, 6) is -0.0581. The fourth-order valence-electron chi connectivity index (χ4n) is 1.21. The van der Waals surface area contributed by atoms with Gasteiger partial charge >= 0.3 is 5.97 Å². The second-order valence-corrected chi connectivity index (χ2v) is 4.38. The summed E-state index contributed by atoms with van der Waals surface area (Å²) in [5, 5.41) is 12.5. The number of rotatable bonds is 4. The molecule has 5 nitrogen and oxygen atoms in total. The third-order valence-corrected chi connectivity index (χ3v) is 2.90. The van der Waals surface area contributed by atoms with E-state index in [-0.39, 0.29) is 11.5 Å². The fourth-order valence-corrected chi connectivity index (χ4v) is 2.01. The molecule has 0 aliphatic rings. The highest BCUT2D eigenvalue weighted by atomic mass is 32.1. The first-order valence-electron chi connectivity index (χ1n) is 4.53. The molecule has 6 heteroatoms. The molecular formula is C10H9NO4S. The van der Waals surface area contributed by atoms with Gasteiger partial charge in [-0.15, -0.1) is 11.3 Å². The number of carboxylic acids is 1. The molecule has 0 radical (unpaired) electrons. The topological polar surface area (TPSA) is 72.6 Å². The summed E-state index contributed by atoms with van der Waals surface area (Å²) in [7, 11) is 0. The van der Waals surface area contributed by atoms with E-state index in [1.807, 2.05) is 6.92 Å². The van der Waals surface area contributed by atoms with Crippen molar-refractivity contribution in [1.29, 1.82) is 0 Å². The summed E-state index contributed by atoms with van der Waals surface area (Å²) in [6.07, 6.45) is 1.51. The number of thiophene rings is 1. The van der Waals surface area contributed by atoms with E-state index in [1.54, 1.807) is 12.1 Å². The summed E-state index contributed by atoms with van der Waals surface area (Å²) in [5.41, 5.74) is 0. The lowest BCUT2D eigenvalue weighted by Crippen LogP contribution is -1.99. The second kappa shape index (κ2) is 4.36. The Labute approximate surface area is 95.3 Å². The van der Waals surface area contributed by atoms with Crippen molar-refractivity contribution in [2.75, 3.05) is 0 Å². The summed E-state index contributed by atoms with van der Waals surface area (Å²) in [6, 6.07) is 3.37. The van der Waals surface area contributed by atoms with Gasteiger partial charge in [0.1, 0.15) is 12.4 Å². The Balaban J connectivity index is 2.12. The van der Waals surface area contributed by atoms with Gasteiger partial charge in [-0.05, 0) is 13.0 Å². The molecule has 0 amide bonds. The molecule has 0 saturated heterocycles. The molecule has 2 rings (SSSR count). The minimum absolute atomic E-state index is 0.177. The SMILES string of the molecule is Cc1cc(OCc2ccno2)c(C(=O)O)s1. The second-order valence-electron chi connectivity index (χ2n) is 3.12. The molecule has 0 aliphatic carbocycles. The van der Waals surface area contributed by atoms with Gasteiger partial charge in [-0.3, -0.25) is 0 Å². The number of aryl methyl sites for hydroxylation is 1. The van der Waals surface area contributed by atoms with Crippen LogP contribution in [0.2, 0.25) is 0 Å². The molecule has 1 N–H and O–H groups in total. The number of aromatic nitrogens is 1. The molecule has 0 bridgehead atoms. The first kappa shape index (κ1) is 10.7. The van der Waals surface area contributed by atoms with Gasteiger partial charge in [0, 0.05) is 10.9 Å². The van der Waals surface area contributed by atoms with Crippen LogP contribution in [0.15, 0.2) is 22.9 Å². The number of carbonyl (C=O) groups is 1. The third kappa shape index (κ3) is 2.22. The van der Waals surface area contributed by atoms with Crippen LogP contribution in [-0.2, 0) is 6.61 Å². The largest absolute Gasteiger partial charge is 0.484 e. The maximum absolute atomic E-state index is 10.9. The minimum Gasteiger partial charge on any atom is -0.484 e. The fraction of sp³-hybridized carbons (Fsp3) is 0.200. The van der Waals surface area contributed by atoms with Crippen LogP contribution in [0.4, 0.5) is 0 Å². The van der Waals surface area contributed by atoms with Gasteiger partial charge in [0.2, 0.25) is 0 Å². The van der Waals surface area contributed by atoms with Gasteiger partial charge in [-0.25, -0.2) is 4.79 Å². The smallest absolute Gasteiger partial charge is 0.349 e. The average molecular weight is 239 g/mol. The molecule has 0 saturated carbocycles. The summed E-state index contributed by atoms with van der Waals surface area (Å²) in [4.78, 5) is 12.0. The van der Waals surface area contributed by atoms with Gasteiger partial charge in [-0.1, -0.05) is 5.16 Å². The monoisotopic (exact) mass is 239 g/mol. The lowest BCUT2D eigenvalue weighted by molar-refractivity contribution is 0.0697. The van der Waals surface area contributed by atoms with Crippen molar-refractivity contribution in [2.24, 2.45) is 0 Å². The first-order chi connectivity index (χ1) is 7.66. The van der Waals surface area contributed by atoms with E-state index >= 15 is 0 Å². The van der Waals surface area contributed by atoms with Crippen molar-refractivity contribution < 1.29 is 19.2 Å². The Morgan fingerprint density at radius 3 is 3.12 bits per heavy atom. The van der Waals surface area contributed by atoms with Gasteiger partial charge in [-0.2, -0.15) is 0 Å². The Morgan fingerprint density at radius 1 is 1.69 bits per heavy atom. The first-order valence-corrected chi connectivity index (χ1v) is 5.34. The van der Waals surface area contributed by atoms with Crippen molar-refractivity contribution in [3.8, 4) is 5.75 Å². The molecule has 0 atom stereocenters. The van der Waals surface area contributed by atoms with E-state index in [1.165, 1.54) is 17.5 Å². The lowest BCUT2D eigenvalue weighted by atomic mass is 10.4. The van der Waals surface area contributed by atoms with Gasteiger partial charge in [0.25, 0.3) is 0 Å². The Bertz CT molecular complexity index is 489. The molecule has 84 valence electrons. The van der Waals surface area contributed by atoms with E-state index in [4.69, 9.17) is 14.4 Å². The van der Waals surface area contributed by atoms with Crippen LogP contribution in [0.3, 0.4) is 0 Å². The quantitative estimate of drug-likeness (QED) is 0.886. The number of carboxylic acid groups (broad SMARTS) is 1. The molecule has 16 heavy (non-hydrogen) atoms. The molecule has 0 aromatic carbocycles. The number of hydrogen-bond donors (Lipinski definition) is 1. The maximum Gasteiger partial charge on any atom is 0.349 e. The number of hydrogen-bond acceptors (Lipinski definition) is 5. The van der Waals surface area contributed by atoms with Crippen LogP contribution in [0.1, 0.15) is 20.3 Å². The normalized spacial score (nSPS) is 10.3. The summed E-state index contributed by atoms with van der Waals surface area (Å²) in [6.45, 7) is 2.01. The van der Waals surface area contributed by atoms with E-state index in [0.717, 1.165) is 4.88 Å². The van der Waals surface area contributed by atoms with Crippen molar-refractivity contribution in [3.05, 3.63) is 33.8 Å². The molecule has 2 heterocycles. The summed E-state index contributed by atoms with van der Waals surface area (Å²) < 4.78 is 10.2. The van der Waals surface area contributed by atoms with Crippen LogP contribution >= 0.6 is 11.3 Å². The van der Waals surface area contributed by atoms with Crippen molar-refractivity contribution >= 4 is 17.3 Å². The Kier molecular flexibility index (Phi) is 2.91. The van der Waals surface area contributed by atoms with E-state index in [9.17, 15) is 4.79 Å². The number of ether oxygens (including phenoxy) is 1.